The zero-order valence-corrected chi connectivity index (χ0v) is 15.4. The summed E-state index contributed by atoms with van der Waals surface area (Å²) in [6.45, 7) is 3.33. The molecule has 1 aliphatic rings. The number of nitrogens with one attached hydrogen (secondary N) is 1. The summed E-state index contributed by atoms with van der Waals surface area (Å²) < 4.78 is 1.75. The minimum atomic E-state index is 0. The Balaban J connectivity index is 0.00000225. The van der Waals surface area contributed by atoms with Crippen LogP contribution in [-0.4, -0.2) is 52.3 Å². The minimum absolute atomic E-state index is 0. The van der Waals surface area contributed by atoms with Crippen molar-refractivity contribution in [3.63, 3.8) is 0 Å². The van der Waals surface area contributed by atoms with E-state index in [1.54, 1.807) is 11.0 Å². The average Bonchev–Trinajstić information content (AvgIpc) is 3.13. The highest BCUT2D eigenvalue weighted by atomic mass is 35.5. The predicted molar refractivity (Wildman–Crippen MR) is 100.0 cm³/mol. The highest BCUT2D eigenvalue weighted by Crippen LogP contribution is 2.22. The van der Waals surface area contributed by atoms with Gasteiger partial charge in [0, 0.05) is 18.7 Å². The second-order valence-corrected chi connectivity index (χ2v) is 6.38. The summed E-state index contributed by atoms with van der Waals surface area (Å²) in [5.74, 6) is 0.865. The molecule has 0 aliphatic carbocycles. The molecule has 1 aromatic carbocycles. The van der Waals surface area contributed by atoms with Crippen LogP contribution in [0.3, 0.4) is 0 Å². The number of carbonyl (C=O) groups excluding carboxylic acids is 1. The minimum Gasteiger partial charge on any atom is -0.339 e. The number of piperidine rings is 1. The number of rotatable bonds is 6. The Labute approximate surface area is 155 Å². The number of likely N-dealkylation sites (tertiary alicyclic amines) is 1. The Bertz CT molecular complexity index is 653. The van der Waals surface area contributed by atoms with Crippen LogP contribution in [0.25, 0.3) is 0 Å². The topological polar surface area (TPSA) is 63.1 Å². The molecule has 1 aliphatic heterocycles. The molecule has 1 fully saturated rings. The van der Waals surface area contributed by atoms with Gasteiger partial charge in [0.15, 0.2) is 0 Å². The van der Waals surface area contributed by atoms with Crippen molar-refractivity contribution < 1.29 is 4.79 Å². The molecule has 25 heavy (non-hydrogen) atoms. The number of hydrogen-bond donors (Lipinski definition) is 1. The van der Waals surface area contributed by atoms with Gasteiger partial charge in [-0.05, 0) is 50.4 Å². The summed E-state index contributed by atoms with van der Waals surface area (Å²) >= 11 is 0. The molecule has 0 bridgehead atoms. The molecule has 0 radical (unpaired) electrons. The first-order chi connectivity index (χ1) is 11.8. The van der Waals surface area contributed by atoms with E-state index in [1.165, 1.54) is 12.7 Å². The smallest absolute Gasteiger partial charge is 0.254 e. The summed E-state index contributed by atoms with van der Waals surface area (Å²) in [5, 5.41) is 7.35. The predicted octanol–water partition coefficient (Wildman–Crippen LogP) is 2.21. The lowest BCUT2D eigenvalue weighted by Crippen LogP contribution is -2.39. The zero-order valence-electron chi connectivity index (χ0n) is 14.6. The van der Waals surface area contributed by atoms with E-state index < -0.39 is 0 Å². The second kappa shape index (κ2) is 9.53. The van der Waals surface area contributed by atoms with E-state index in [0.29, 0.717) is 6.54 Å². The summed E-state index contributed by atoms with van der Waals surface area (Å²) in [7, 11) is 1.99. The fourth-order valence-electron chi connectivity index (χ4n) is 3.30. The van der Waals surface area contributed by atoms with E-state index >= 15 is 0 Å². The summed E-state index contributed by atoms with van der Waals surface area (Å²) in [4.78, 5) is 18.9. The molecule has 136 valence electrons. The lowest BCUT2D eigenvalue weighted by Gasteiger charge is -2.32. The van der Waals surface area contributed by atoms with Crippen molar-refractivity contribution >= 4 is 18.3 Å². The first kappa shape index (κ1) is 19.4. The van der Waals surface area contributed by atoms with Crippen LogP contribution >= 0.6 is 12.4 Å². The fraction of sp³-hybridized carbons (Fsp3) is 0.500. The fourth-order valence-corrected chi connectivity index (χ4v) is 3.30. The van der Waals surface area contributed by atoms with Gasteiger partial charge in [0.2, 0.25) is 0 Å². The molecule has 1 amide bonds. The average molecular weight is 364 g/mol. The van der Waals surface area contributed by atoms with Crippen LogP contribution in [-0.2, 0) is 6.54 Å². The number of carbonyl (C=O) groups is 1. The van der Waals surface area contributed by atoms with Crippen molar-refractivity contribution in [2.45, 2.75) is 25.8 Å². The molecule has 6 nitrogen and oxygen atoms in total. The van der Waals surface area contributed by atoms with Gasteiger partial charge in [-0.25, -0.2) is 9.67 Å². The van der Waals surface area contributed by atoms with Crippen LogP contribution in [0.15, 0.2) is 36.9 Å². The Morgan fingerprint density at radius 2 is 2.04 bits per heavy atom. The normalized spacial score (nSPS) is 15.0. The number of hydrogen-bond acceptors (Lipinski definition) is 4. The molecule has 0 spiro atoms. The second-order valence-electron chi connectivity index (χ2n) is 6.38. The van der Waals surface area contributed by atoms with Gasteiger partial charge in [-0.1, -0.05) is 18.2 Å². The first-order valence-corrected chi connectivity index (χ1v) is 8.62. The maximum atomic E-state index is 12.9. The molecule has 0 atom stereocenters. The number of benzene rings is 1. The van der Waals surface area contributed by atoms with Crippen LogP contribution in [0.1, 0.15) is 35.2 Å². The lowest BCUT2D eigenvalue weighted by molar-refractivity contribution is 0.0686. The molecule has 7 heteroatoms. The van der Waals surface area contributed by atoms with E-state index in [1.807, 2.05) is 36.2 Å². The molecule has 0 unspecified atom stereocenters. The third kappa shape index (κ3) is 5.03. The molecule has 3 rings (SSSR count). The van der Waals surface area contributed by atoms with Gasteiger partial charge >= 0.3 is 0 Å². The van der Waals surface area contributed by atoms with Crippen molar-refractivity contribution in [3.8, 4) is 0 Å². The first-order valence-electron chi connectivity index (χ1n) is 8.62. The van der Waals surface area contributed by atoms with Crippen molar-refractivity contribution in [2.75, 3.05) is 26.7 Å². The van der Waals surface area contributed by atoms with Crippen molar-refractivity contribution in [2.24, 2.45) is 5.92 Å². The highest BCUT2D eigenvalue weighted by molar-refractivity contribution is 5.95. The van der Waals surface area contributed by atoms with Gasteiger partial charge in [-0.3, -0.25) is 4.79 Å². The molecule has 2 heterocycles. The van der Waals surface area contributed by atoms with Crippen LogP contribution < -0.4 is 5.32 Å². The SMILES string of the molecule is CNCCC1CCN(C(=O)c2ccccc2Cn2cncn2)CC1.Cl. The summed E-state index contributed by atoms with van der Waals surface area (Å²) in [6, 6.07) is 7.81. The molecule has 1 N–H and O–H groups in total. The maximum Gasteiger partial charge on any atom is 0.254 e. The Morgan fingerprint density at radius 1 is 1.28 bits per heavy atom. The van der Waals surface area contributed by atoms with Crippen LogP contribution in [0, 0.1) is 5.92 Å². The van der Waals surface area contributed by atoms with Gasteiger partial charge in [0.25, 0.3) is 5.91 Å². The molecule has 1 saturated heterocycles. The number of amides is 1. The maximum absolute atomic E-state index is 12.9. The van der Waals surface area contributed by atoms with Crippen LogP contribution in [0.5, 0.6) is 0 Å². The van der Waals surface area contributed by atoms with Gasteiger partial charge in [-0.15, -0.1) is 12.4 Å². The molecule has 0 saturated carbocycles. The number of aromatic nitrogens is 3. The number of halogens is 1. The Hall–Kier alpha value is -1.92. The van der Waals surface area contributed by atoms with Crippen LogP contribution in [0.4, 0.5) is 0 Å². The monoisotopic (exact) mass is 363 g/mol. The highest BCUT2D eigenvalue weighted by Gasteiger charge is 2.24. The van der Waals surface area contributed by atoms with E-state index in [0.717, 1.165) is 49.5 Å². The van der Waals surface area contributed by atoms with Gasteiger partial charge in [-0.2, -0.15) is 5.10 Å². The third-order valence-corrected chi connectivity index (χ3v) is 4.75. The molecular weight excluding hydrogens is 338 g/mol. The van der Waals surface area contributed by atoms with E-state index in [4.69, 9.17) is 0 Å². The van der Waals surface area contributed by atoms with E-state index in [2.05, 4.69) is 15.4 Å². The van der Waals surface area contributed by atoms with Gasteiger partial charge in [0.1, 0.15) is 12.7 Å². The summed E-state index contributed by atoms with van der Waals surface area (Å²) in [6.07, 6.45) is 6.58. The van der Waals surface area contributed by atoms with Crippen molar-refractivity contribution in [1.29, 1.82) is 0 Å². The zero-order chi connectivity index (χ0) is 16.8. The van der Waals surface area contributed by atoms with Crippen molar-refractivity contribution in [1.82, 2.24) is 25.0 Å². The third-order valence-electron chi connectivity index (χ3n) is 4.75. The largest absolute Gasteiger partial charge is 0.339 e. The number of nitrogens with zero attached hydrogens (tertiary/aromatic N) is 4. The molecular formula is C18H26ClN5O. The summed E-state index contributed by atoms with van der Waals surface area (Å²) in [5.41, 5.74) is 1.77. The van der Waals surface area contributed by atoms with Crippen LogP contribution in [0.2, 0.25) is 0 Å². The molecule has 1 aromatic heterocycles. The lowest BCUT2D eigenvalue weighted by atomic mass is 9.93. The van der Waals surface area contributed by atoms with Crippen molar-refractivity contribution in [3.05, 3.63) is 48.0 Å². The Morgan fingerprint density at radius 3 is 2.72 bits per heavy atom. The molecule has 2 aromatic rings. The van der Waals surface area contributed by atoms with E-state index in [-0.39, 0.29) is 18.3 Å². The standard InChI is InChI=1S/C18H25N5O.ClH/c1-19-9-6-15-7-10-22(11-8-15)18(24)17-5-3-2-4-16(17)12-23-14-20-13-21-23;/h2-5,13-15,19H,6-12H2,1H3;1H. The quantitative estimate of drug-likeness (QED) is 0.854. The van der Waals surface area contributed by atoms with Gasteiger partial charge in [0.05, 0.1) is 6.54 Å². The van der Waals surface area contributed by atoms with Gasteiger partial charge < -0.3 is 10.2 Å². The Kier molecular flexibility index (Phi) is 7.40. The van der Waals surface area contributed by atoms with E-state index in [9.17, 15) is 4.79 Å².